The average molecular weight is 739 g/mol. The first-order valence-electron chi connectivity index (χ1n) is 20.0. The first-order valence-corrected chi connectivity index (χ1v) is 20.0. The van der Waals surface area contributed by atoms with Gasteiger partial charge in [-0.25, -0.2) is 0 Å². The molecule has 58 heavy (non-hydrogen) atoms. The Hall–Kier alpha value is -7.82. The Kier molecular flexibility index (Phi) is 6.41. The molecule has 0 bridgehead atoms. The SMILES string of the molecule is c1ccc(-n2c3ccccc3c3c2ccc2c4ccccc4n(-c4cccc(-n5c6ccccc6c6ccc7c8ccccc8n(-c8ccccc8)c7c65)c4)c23)cc1. The molecule has 4 aromatic heterocycles. The van der Waals surface area contributed by atoms with Crippen LogP contribution in [0.4, 0.5) is 0 Å². The van der Waals surface area contributed by atoms with E-state index in [1.54, 1.807) is 0 Å². The van der Waals surface area contributed by atoms with Gasteiger partial charge in [-0.3, -0.25) is 0 Å². The number of rotatable bonds is 4. The molecule has 0 aliphatic rings. The zero-order valence-corrected chi connectivity index (χ0v) is 31.4. The molecular weight excluding hydrogens is 705 g/mol. The molecule has 0 N–H and O–H groups in total. The Morgan fingerprint density at radius 2 is 0.569 bits per heavy atom. The first kappa shape index (κ1) is 31.4. The van der Waals surface area contributed by atoms with Gasteiger partial charge in [0.1, 0.15) is 0 Å². The van der Waals surface area contributed by atoms with E-state index in [1.807, 2.05) is 0 Å². The Bertz CT molecular complexity index is 3780. The van der Waals surface area contributed by atoms with Crippen LogP contribution in [-0.4, -0.2) is 18.3 Å². The van der Waals surface area contributed by atoms with Crippen LogP contribution in [0.2, 0.25) is 0 Å². The predicted molar refractivity (Wildman–Crippen MR) is 244 cm³/mol. The van der Waals surface area contributed by atoms with Gasteiger partial charge in [-0.2, -0.15) is 0 Å². The number of para-hydroxylation sites is 6. The van der Waals surface area contributed by atoms with E-state index in [1.165, 1.54) is 87.2 Å². The van der Waals surface area contributed by atoms with E-state index in [0.29, 0.717) is 0 Å². The number of aromatic nitrogens is 4. The molecule has 13 rings (SSSR count). The van der Waals surface area contributed by atoms with Gasteiger partial charge in [-0.05, 0) is 72.8 Å². The van der Waals surface area contributed by atoms with Crippen LogP contribution >= 0.6 is 0 Å². The molecule has 9 aromatic carbocycles. The van der Waals surface area contributed by atoms with Crippen LogP contribution in [0.3, 0.4) is 0 Å². The van der Waals surface area contributed by atoms with Crippen molar-refractivity contribution >= 4 is 87.2 Å². The van der Waals surface area contributed by atoms with Crippen molar-refractivity contribution in [2.75, 3.05) is 0 Å². The summed E-state index contributed by atoms with van der Waals surface area (Å²) in [7, 11) is 0. The average Bonchev–Trinajstić information content (AvgIpc) is 4.02. The number of nitrogens with zero attached hydrogens (tertiary/aromatic N) is 4. The zero-order valence-electron chi connectivity index (χ0n) is 31.4. The maximum absolute atomic E-state index is 2.50. The van der Waals surface area contributed by atoms with Gasteiger partial charge in [-0.1, -0.05) is 133 Å². The number of fused-ring (bicyclic) bond motifs is 14. The summed E-state index contributed by atoms with van der Waals surface area (Å²) in [6.07, 6.45) is 0. The Morgan fingerprint density at radius 3 is 1.10 bits per heavy atom. The third-order valence-electron chi connectivity index (χ3n) is 12.3. The Morgan fingerprint density at radius 1 is 0.207 bits per heavy atom. The fourth-order valence-corrected chi connectivity index (χ4v) is 10.0. The highest BCUT2D eigenvalue weighted by Crippen LogP contribution is 2.44. The molecule has 13 aromatic rings. The van der Waals surface area contributed by atoms with Crippen LogP contribution in [0.1, 0.15) is 0 Å². The summed E-state index contributed by atoms with van der Waals surface area (Å²) < 4.78 is 9.87. The monoisotopic (exact) mass is 738 g/mol. The molecule has 0 spiro atoms. The molecule has 4 heterocycles. The van der Waals surface area contributed by atoms with Gasteiger partial charge < -0.3 is 18.3 Å². The number of hydrogen-bond acceptors (Lipinski definition) is 0. The summed E-state index contributed by atoms with van der Waals surface area (Å²) in [6.45, 7) is 0. The number of hydrogen-bond donors (Lipinski definition) is 0. The molecule has 0 amide bonds. The van der Waals surface area contributed by atoms with E-state index in [-0.39, 0.29) is 0 Å². The van der Waals surface area contributed by atoms with Gasteiger partial charge in [0.25, 0.3) is 0 Å². The predicted octanol–water partition coefficient (Wildman–Crippen LogP) is 14.1. The molecule has 0 aliphatic heterocycles. The van der Waals surface area contributed by atoms with Crippen LogP contribution in [0.25, 0.3) is 110 Å². The minimum absolute atomic E-state index is 1.12. The first-order chi connectivity index (χ1) is 28.8. The molecule has 0 saturated carbocycles. The summed E-state index contributed by atoms with van der Waals surface area (Å²) in [4.78, 5) is 0. The lowest BCUT2D eigenvalue weighted by molar-refractivity contribution is 1.13. The third-order valence-corrected chi connectivity index (χ3v) is 12.3. The second-order valence-electron chi connectivity index (χ2n) is 15.3. The summed E-state index contributed by atoms with van der Waals surface area (Å²) >= 11 is 0. The van der Waals surface area contributed by atoms with Crippen molar-refractivity contribution in [1.29, 1.82) is 0 Å². The molecule has 0 saturated heterocycles. The molecule has 0 atom stereocenters. The van der Waals surface area contributed by atoms with Crippen LogP contribution < -0.4 is 0 Å². The summed E-state index contributed by atoms with van der Waals surface area (Å²) in [6, 6.07) is 75.4. The van der Waals surface area contributed by atoms with Gasteiger partial charge in [0, 0.05) is 65.8 Å². The zero-order chi connectivity index (χ0) is 37.9. The van der Waals surface area contributed by atoms with Crippen LogP contribution in [0.5, 0.6) is 0 Å². The van der Waals surface area contributed by atoms with E-state index in [9.17, 15) is 0 Å². The molecule has 270 valence electrons. The third kappa shape index (κ3) is 4.18. The minimum Gasteiger partial charge on any atom is -0.309 e. The fraction of sp³-hybridized carbons (Fsp3) is 0. The quantitative estimate of drug-likeness (QED) is 0.171. The fourth-order valence-electron chi connectivity index (χ4n) is 10.0. The lowest BCUT2D eigenvalue weighted by Crippen LogP contribution is -2.00. The van der Waals surface area contributed by atoms with Crippen molar-refractivity contribution in [3.8, 4) is 22.7 Å². The van der Waals surface area contributed by atoms with E-state index in [2.05, 4.69) is 225 Å². The summed E-state index contributed by atoms with van der Waals surface area (Å²) in [5.74, 6) is 0. The van der Waals surface area contributed by atoms with Crippen molar-refractivity contribution in [2.45, 2.75) is 0 Å². The highest BCUT2D eigenvalue weighted by atomic mass is 15.1. The standard InChI is InChI=1S/C54H34N4/c1-3-16-35(17-4-1)55-49-29-14-10-25-45(49)51-50(55)33-32-42-39-22-7-12-27-47(39)57(52(42)51)37-20-15-21-38(34-37)58-48-28-13-9-24-41(48)44-31-30-43-40-23-8-11-26-46(40)56(53(43)54(44)58)36-18-5-2-6-19-36/h1-34H. The van der Waals surface area contributed by atoms with Gasteiger partial charge in [-0.15, -0.1) is 0 Å². The molecule has 0 radical (unpaired) electrons. The topological polar surface area (TPSA) is 19.7 Å². The lowest BCUT2D eigenvalue weighted by Gasteiger charge is -2.15. The largest absolute Gasteiger partial charge is 0.309 e. The number of benzene rings is 9. The molecule has 0 fully saturated rings. The smallest absolute Gasteiger partial charge is 0.0788 e. The van der Waals surface area contributed by atoms with Gasteiger partial charge >= 0.3 is 0 Å². The van der Waals surface area contributed by atoms with Gasteiger partial charge in [0.15, 0.2) is 0 Å². The molecule has 0 aliphatic carbocycles. The van der Waals surface area contributed by atoms with Crippen molar-refractivity contribution in [3.05, 3.63) is 206 Å². The van der Waals surface area contributed by atoms with E-state index in [4.69, 9.17) is 0 Å². The van der Waals surface area contributed by atoms with Crippen LogP contribution in [-0.2, 0) is 0 Å². The lowest BCUT2D eigenvalue weighted by atomic mass is 10.1. The molecular formula is C54H34N4. The second-order valence-corrected chi connectivity index (χ2v) is 15.3. The van der Waals surface area contributed by atoms with E-state index < -0.39 is 0 Å². The van der Waals surface area contributed by atoms with Crippen LogP contribution in [0, 0.1) is 0 Å². The highest BCUT2D eigenvalue weighted by Gasteiger charge is 2.23. The molecule has 4 nitrogen and oxygen atoms in total. The highest BCUT2D eigenvalue weighted by molar-refractivity contribution is 6.27. The van der Waals surface area contributed by atoms with Gasteiger partial charge in [0.2, 0.25) is 0 Å². The van der Waals surface area contributed by atoms with E-state index >= 15 is 0 Å². The molecule has 0 unspecified atom stereocenters. The summed E-state index contributed by atoms with van der Waals surface area (Å²) in [5, 5.41) is 9.95. The minimum atomic E-state index is 1.12. The van der Waals surface area contributed by atoms with Crippen molar-refractivity contribution in [1.82, 2.24) is 18.3 Å². The van der Waals surface area contributed by atoms with Crippen molar-refractivity contribution in [3.63, 3.8) is 0 Å². The second kappa shape index (κ2) is 11.8. The van der Waals surface area contributed by atoms with Crippen LogP contribution in [0.15, 0.2) is 206 Å². The summed E-state index contributed by atoms with van der Waals surface area (Å²) in [5.41, 5.74) is 14.1. The normalized spacial score (nSPS) is 12.1. The van der Waals surface area contributed by atoms with Crippen molar-refractivity contribution < 1.29 is 0 Å². The molecule has 4 heteroatoms. The Balaban J connectivity index is 1.16. The van der Waals surface area contributed by atoms with E-state index in [0.717, 1.165) is 22.7 Å². The maximum Gasteiger partial charge on any atom is 0.0788 e. The Labute approximate surface area is 333 Å². The van der Waals surface area contributed by atoms with Crippen molar-refractivity contribution in [2.24, 2.45) is 0 Å². The maximum atomic E-state index is 2.50. The van der Waals surface area contributed by atoms with Gasteiger partial charge in [0.05, 0.1) is 44.1 Å².